The lowest BCUT2D eigenvalue weighted by Crippen LogP contribution is -2.22. The lowest BCUT2D eigenvalue weighted by molar-refractivity contribution is 0.138. The molecular formula is C17H18F2O. The number of aliphatic hydroxyl groups excluding tert-OH is 1. The molecule has 0 aliphatic rings. The maximum atomic E-state index is 13.6. The van der Waals surface area contributed by atoms with Crippen molar-refractivity contribution in [2.75, 3.05) is 0 Å². The Morgan fingerprint density at radius 3 is 2.10 bits per heavy atom. The highest BCUT2D eigenvalue weighted by Gasteiger charge is 2.22. The Morgan fingerprint density at radius 2 is 1.55 bits per heavy atom. The molecule has 0 bridgehead atoms. The number of hydrogen-bond donors (Lipinski definition) is 1. The summed E-state index contributed by atoms with van der Waals surface area (Å²) in [6.45, 7) is 1.96. The summed E-state index contributed by atoms with van der Waals surface area (Å²) in [5.41, 5.74) is 0.939. The van der Waals surface area contributed by atoms with Crippen LogP contribution in [0.2, 0.25) is 0 Å². The van der Waals surface area contributed by atoms with Gasteiger partial charge in [-0.05, 0) is 24.1 Å². The molecule has 0 fully saturated rings. The molecule has 0 heterocycles. The molecule has 106 valence electrons. The molecule has 0 radical (unpaired) electrons. The van der Waals surface area contributed by atoms with E-state index >= 15 is 0 Å². The topological polar surface area (TPSA) is 20.2 Å². The summed E-state index contributed by atoms with van der Waals surface area (Å²) in [4.78, 5) is 0. The first-order valence-corrected chi connectivity index (χ1v) is 6.79. The Hall–Kier alpha value is -1.74. The van der Waals surface area contributed by atoms with Crippen LogP contribution in [0.5, 0.6) is 0 Å². The first-order chi connectivity index (χ1) is 9.63. The maximum absolute atomic E-state index is 13.6. The SMILES string of the molecule is CCC(c1ccccc1)C(O)Cc1c(F)cccc1F. The van der Waals surface area contributed by atoms with Crippen LogP contribution in [0.15, 0.2) is 48.5 Å². The fourth-order valence-electron chi connectivity index (χ4n) is 2.51. The van der Waals surface area contributed by atoms with E-state index < -0.39 is 17.7 Å². The van der Waals surface area contributed by atoms with Crippen LogP contribution in [0, 0.1) is 11.6 Å². The van der Waals surface area contributed by atoms with Crippen molar-refractivity contribution >= 4 is 0 Å². The molecule has 0 aliphatic heterocycles. The van der Waals surface area contributed by atoms with Gasteiger partial charge < -0.3 is 5.11 Å². The van der Waals surface area contributed by atoms with Gasteiger partial charge in [-0.1, -0.05) is 43.3 Å². The molecule has 2 atom stereocenters. The van der Waals surface area contributed by atoms with E-state index in [1.807, 2.05) is 37.3 Å². The Kier molecular flexibility index (Phi) is 4.85. The molecule has 1 N–H and O–H groups in total. The zero-order chi connectivity index (χ0) is 14.5. The average molecular weight is 276 g/mol. The molecule has 2 aromatic carbocycles. The Morgan fingerprint density at radius 1 is 0.950 bits per heavy atom. The van der Waals surface area contributed by atoms with Gasteiger partial charge in [0.25, 0.3) is 0 Å². The highest BCUT2D eigenvalue weighted by molar-refractivity contribution is 5.24. The predicted octanol–water partition coefficient (Wildman–Crippen LogP) is 4.06. The molecule has 20 heavy (non-hydrogen) atoms. The summed E-state index contributed by atoms with van der Waals surface area (Å²) >= 11 is 0. The van der Waals surface area contributed by atoms with Gasteiger partial charge in [0, 0.05) is 17.9 Å². The second kappa shape index (κ2) is 6.62. The van der Waals surface area contributed by atoms with Gasteiger partial charge in [-0.25, -0.2) is 8.78 Å². The third kappa shape index (κ3) is 3.23. The van der Waals surface area contributed by atoms with Crippen LogP contribution in [0.3, 0.4) is 0 Å². The van der Waals surface area contributed by atoms with Gasteiger partial charge in [0.1, 0.15) is 11.6 Å². The fraction of sp³-hybridized carbons (Fsp3) is 0.294. The Labute approximate surface area is 117 Å². The van der Waals surface area contributed by atoms with E-state index in [0.29, 0.717) is 6.42 Å². The molecule has 0 amide bonds. The van der Waals surface area contributed by atoms with E-state index in [1.54, 1.807) is 0 Å². The quantitative estimate of drug-likeness (QED) is 0.873. The molecule has 3 heteroatoms. The smallest absolute Gasteiger partial charge is 0.129 e. The molecular weight excluding hydrogens is 258 g/mol. The van der Waals surface area contributed by atoms with Crippen LogP contribution in [0.25, 0.3) is 0 Å². The number of halogens is 2. The second-order valence-corrected chi connectivity index (χ2v) is 4.90. The number of rotatable bonds is 5. The largest absolute Gasteiger partial charge is 0.392 e. The fourth-order valence-corrected chi connectivity index (χ4v) is 2.51. The minimum Gasteiger partial charge on any atom is -0.392 e. The summed E-state index contributed by atoms with van der Waals surface area (Å²) in [5, 5.41) is 10.3. The Balaban J connectivity index is 2.20. The van der Waals surface area contributed by atoms with E-state index in [0.717, 1.165) is 5.56 Å². The van der Waals surface area contributed by atoms with Crippen LogP contribution < -0.4 is 0 Å². The van der Waals surface area contributed by atoms with Gasteiger partial charge in [-0.15, -0.1) is 0 Å². The van der Waals surface area contributed by atoms with Crippen molar-refractivity contribution in [3.8, 4) is 0 Å². The molecule has 2 unspecified atom stereocenters. The van der Waals surface area contributed by atoms with E-state index in [-0.39, 0.29) is 17.9 Å². The molecule has 0 spiro atoms. The monoisotopic (exact) mass is 276 g/mol. The van der Waals surface area contributed by atoms with Gasteiger partial charge in [0.15, 0.2) is 0 Å². The van der Waals surface area contributed by atoms with Crippen molar-refractivity contribution in [1.82, 2.24) is 0 Å². The first-order valence-electron chi connectivity index (χ1n) is 6.79. The highest BCUT2D eigenvalue weighted by Crippen LogP contribution is 2.26. The van der Waals surface area contributed by atoms with Gasteiger partial charge in [-0.3, -0.25) is 0 Å². The van der Waals surface area contributed by atoms with Gasteiger partial charge in [0.2, 0.25) is 0 Å². The number of hydrogen-bond acceptors (Lipinski definition) is 1. The summed E-state index contributed by atoms with van der Waals surface area (Å²) in [6.07, 6.45) is -0.124. The minimum atomic E-state index is -0.811. The van der Waals surface area contributed by atoms with Crippen LogP contribution in [0.1, 0.15) is 30.4 Å². The van der Waals surface area contributed by atoms with Gasteiger partial charge in [0.05, 0.1) is 6.10 Å². The number of aliphatic hydroxyl groups is 1. The van der Waals surface area contributed by atoms with E-state index in [4.69, 9.17) is 0 Å². The van der Waals surface area contributed by atoms with Crippen molar-refractivity contribution in [3.05, 3.63) is 71.3 Å². The van der Waals surface area contributed by atoms with Crippen molar-refractivity contribution in [2.45, 2.75) is 31.8 Å². The maximum Gasteiger partial charge on any atom is 0.129 e. The molecule has 2 aromatic rings. The average Bonchev–Trinajstić information content (AvgIpc) is 2.45. The molecule has 0 aliphatic carbocycles. The summed E-state index contributed by atoms with van der Waals surface area (Å²) in [7, 11) is 0. The van der Waals surface area contributed by atoms with Crippen molar-refractivity contribution in [1.29, 1.82) is 0 Å². The third-order valence-electron chi connectivity index (χ3n) is 3.61. The molecule has 2 rings (SSSR count). The first kappa shape index (κ1) is 14.7. The zero-order valence-corrected chi connectivity index (χ0v) is 11.4. The molecule has 0 saturated heterocycles. The predicted molar refractivity (Wildman–Crippen MR) is 75.5 cm³/mol. The third-order valence-corrected chi connectivity index (χ3v) is 3.61. The zero-order valence-electron chi connectivity index (χ0n) is 11.4. The van der Waals surface area contributed by atoms with Gasteiger partial charge >= 0.3 is 0 Å². The van der Waals surface area contributed by atoms with Crippen molar-refractivity contribution in [2.24, 2.45) is 0 Å². The molecule has 0 saturated carbocycles. The van der Waals surface area contributed by atoms with Crippen LogP contribution in [-0.2, 0) is 6.42 Å². The summed E-state index contributed by atoms with van der Waals surface area (Å²) in [5.74, 6) is -1.34. The van der Waals surface area contributed by atoms with E-state index in [2.05, 4.69) is 0 Å². The minimum absolute atomic E-state index is 0.0219. The van der Waals surface area contributed by atoms with Crippen LogP contribution in [0.4, 0.5) is 8.78 Å². The number of benzene rings is 2. The summed E-state index contributed by atoms with van der Waals surface area (Å²) < 4.78 is 27.3. The molecule has 1 nitrogen and oxygen atoms in total. The van der Waals surface area contributed by atoms with Crippen molar-refractivity contribution < 1.29 is 13.9 Å². The van der Waals surface area contributed by atoms with E-state index in [9.17, 15) is 13.9 Å². The van der Waals surface area contributed by atoms with E-state index in [1.165, 1.54) is 18.2 Å². The van der Waals surface area contributed by atoms with Crippen LogP contribution in [-0.4, -0.2) is 11.2 Å². The van der Waals surface area contributed by atoms with Crippen LogP contribution >= 0.6 is 0 Å². The standard InChI is InChI=1S/C17H18F2O/c1-2-13(12-7-4-3-5-8-12)17(20)11-14-15(18)9-6-10-16(14)19/h3-10,13,17,20H,2,11H2,1H3. The lowest BCUT2D eigenvalue weighted by atomic mass is 9.87. The molecule has 0 aromatic heterocycles. The van der Waals surface area contributed by atoms with Gasteiger partial charge in [-0.2, -0.15) is 0 Å². The normalized spacial score (nSPS) is 14.0. The second-order valence-electron chi connectivity index (χ2n) is 4.90. The van der Waals surface area contributed by atoms with Crippen molar-refractivity contribution in [3.63, 3.8) is 0 Å². The summed E-state index contributed by atoms with van der Waals surface area (Å²) in [6, 6.07) is 13.3. The Bertz CT molecular complexity index is 534. The highest BCUT2D eigenvalue weighted by atomic mass is 19.1. The lowest BCUT2D eigenvalue weighted by Gasteiger charge is -2.22.